The molecular formula is C16H20IN3O4. The maximum Gasteiger partial charge on any atom is 0.272 e. The molecule has 4 rings (SSSR count). The van der Waals surface area contributed by atoms with E-state index in [1.54, 1.807) is 11.8 Å². The molecule has 0 atom stereocenters. The minimum Gasteiger partial charge on any atom is -0.466 e. The number of amides is 3. The second kappa shape index (κ2) is 5.34. The van der Waals surface area contributed by atoms with Crippen molar-refractivity contribution in [2.75, 3.05) is 13.1 Å². The van der Waals surface area contributed by atoms with Gasteiger partial charge in [-0.2, -0.15) is 0 Å². The second-order valence-corrected chi connectivity index (χ2v) is 8.27. The third-order valence-corrected chi connectivity index (χ3v) is 6.54. The SMILES string of the molecule is CC1=C(I)OC2(CN(C(=O)C3(C(=O)NC4CCC4)CC3)C2)C(=O)N1. The van der Waals surface area contributed by atoms with E-state index in [0.717, 1.165) is 19.3 Å². The molecule has 0 aromatic rings. The summed E-state index contributed by atoms with van der Waals surface area (Å²) in [5.74, 6) is -0.520. The van der Waals surface area contributed by atoms with Crippen molar-refractivity contribution < 1.29 is 19.1 Å². The van der Waals surface area contributed by atoms with Crippen LogP contribution in [0.15, 0.2) is 9.46 Å². The summed E-state index contributed by atoms with van der Waals surface area (Å²) < 4.78 is 6.40. The van der Waals surface area contributed by atoms with Gasteiger partial charge < -0.3 is 20.3 Å². The van der Waals surface area contributed by atoms with Crippen molar-refractivity contribution in [3.8, 4) is 0 Å². The lowest BCUT2D eigenvalue weighted by atomic mass is 9.88. The van der Waals surface area contributed by atoms with Crippen LogP contribution in [0.5, 0.6) is 0 Å². The van der Waals surface area contributed by atoms with E-state index in [-0.39, 0.29) is 36.9 Å². The molecule has 1 saturated heterocycles. The van der Waals surface area contributed by atoms with Crippen LogP contribution in [0.4, 0.5) is 0 Å². The van der Waals surface area contributed by atoms with E-state index >= 15 is 0 Å². The Morgan fingerprint density at radius 2 is 2.00 bits per heavy atom. The number of hydrogen-bond donors (Lipinski definition) is 2. The van der Waals surface area contributed by atoms with Crippen molar-refractivity contribution in [1.29, 1.82) is 0 Å². The largest absolute Gasteiger partial charge is 0.466 e. The first-order chi connectivity index (χ1) is 11.4. The fourth-order valence-electron chi connectivity index (χ4n) is 3.39. The van der Waals surface area contributed by atoms with Gasteiger partial charge in [0.1, 0.15) is 5.41 Å². The first kappa shape index (κ1) is 16.2. The Morgan fingerprint density at radius 3 is 2.54 bits per heavy atom. The molecule has 0 unspecified atom stereocenters. The highest BCUT2D eigenvalue weighted by atomic mass is 127. The molecule has 2 heterocycles. The molecule has 7 nitrogen and oxygen atoms in total. The molecule has 0 aromatic heterocycles. The van der Waals surface area contributed by atoms with Crippen molar-refractivity contribution in [3.63, 3.8) is 0 Å². The Labute approximate surface area is 153 Å². The van der Waals surface area contributed by atoms with Gasteiger partial charge in [-0.1, -0.05) is 0 Å². The van der Waals surface area contributed by atoms with E-state index in [4.69, 9.17) is 4.74 Å². The number of halogens is 1. The lowest BCUT2D eigenvalue weighted by Gasteiger charge is -2.50. The zero-order valence-corrected chi connectivity index (χ0v) is 15.6. The number of allylic oxidation sites excluding steroid dienone is 1. The number of hydrogen-bond acceptors (Lipinski definition) is 4. The minimum atomic E-state index is -0.994. The highest BCUT2D eigenvalue weighted by Crippen LogP contribution is 2.49. The van der Waals surface area contributed by atoms with Gasteiger partial charge in [-0.15, -0.1) is 0 Å². The summed E-state index contributed by atoms with van der Waals surface area (Å²) in [5.41, 5.74) is -1.21. The van der Waals surface area contributed by atoms with Gasteiger partial charge in [0.2, 0.25) is 17.4 Å². The van der Waals surface area contributed by atoms with Crippen LogP contribution in [0.3, 0.4) is 0 Å². The number of ether oxygens (including phenoxy) is 1. The molecule has 130 valence electrons. The Bertz CT molecular complexity index is 660. The molecule has 8 heteroatoms. The van der Waals surface area contributed by atoms with Gasteiger partial charge in [0, 0.05) is 28.6 Å². The molecule has 0 radical (unpaired) electrons. The smallest absolute Gasteiger partial charge is 0.272 e. The second-order valence-electron chi connectivity index (χ2n) is 7.29. The van der Waals surface area contributed by atoms with Crippen LogP contribution in [-0.4, -0.2) is 47.4 Å². The molecule has 2 N–H and O–H groups in total. The minimum absolute atomic E-state index is 0.141. The quantitative estimate of drug-likeness (QED) is 0.497. The molecule has 3 fully saturated rings. The summed E-state index contributed by atoms with van der Waals surface area (Å²) in [6.07, 6.45) is 4.33. The molecular weight excluding hydrogens is 425 g/mol. The van der Waals surface area contributed by atoms with E-state index < -0.39 is 11.0 Å². The Hall–Kier alpha value is -1.32. The van der Waals surface area contributed by atoms with Gasteiger partial charge in [0.15, 0.2) is 3.77 Å². The number of nitrogens with one attached hydrogen (secondary N) is 2. The third-order valence-electron chi connectivity index (χ3n) is 5.51. The summed E-state index contributed by atoms with van der Waals surface area (Å²) in [5, 5.41) is 5.78. The lowest BCUT2D eigenvalue weighted by molar-refractivity contribution is -0.176. The highest BCUT2D eigenvalue weighted by Gasteiger charge is 2.64. The van der Waals surface area contributed by atoms with Crippen LogP contribution < -0.4 is 10.6 Å². The Kier molecular flexibility index (Phi) is 3.59. The lowest BCUT2D eigenvalue weighted by Crippen LogP contribution is -2.73. The maximum absolute atomic E-state index is 12.8. The van der Waals surface area contributed by atoms with Crippen LogP contribution in [0.1, 0.15) is 39.0 Å². The summed E-state index contributed by atoms with van der Waals surface area (Å²) in [6.45, 7) is 2.18. The maximum atomic E-state index is 12.8. The Balaban J connectivity index is 1.41. The third kappa shape index (κ3) is 2.33. The van der Waals surface area contributed by atoms with Crippen molar-refractivity contribution >= 4 is 40.3 Å². The molecule has 0 aromatic carbocycles. The number of rotatable bonds is 3. The summed E-state index contributed by atoms with van der Waals surface area (Å²) >= 11 is 2.04. The molecule has 3 amide bonds. The number of likely N-dealkylation sites (tertiary alicyclic amines) is 1. The molecule has 2 aliphatic heterocycles. The van der Waals surface area contributed by atoms with E-state index in [1.807, 2.05) is 22.6 Å². The molecule has 4 aliphatic rings. The first-order valence-corrected chi connectivity index (χ1v) is 9.41. The van der Waals surface area contributed by atoms with Crippen molar-refractivity contribution in [2.45, 2.75) is 50.7 Å². The van der Waals surface area contributed by atoms with Gasteiger partial charge in [-0.25, -0.2) is 0 Å². The van der Waals surface area contributed by atoms with Crippen LogP contribution in [0.25, 0.3) is 0 Å². The molecule has 2 aliphatic carbocycles. The average Bonchev–Trinajstić information content (AvgIpc) is 3.25. The van der Waals surface area contributed by atoms with Crippen LogP contribution >= 0.6 is 22.6 Å². The summed E-state index contributed by atoms with van der Waals surface area (Å²) in [4.78, 5) is 39.1. The van der Waals surface area contributed by atoms with Crippen molar-refractivity contribution in [1.82, 2.24) is 15.5 Å². The predicted molar refractivity (Wildman–Crippen MR) is 92.7 cm³/mol. The highest BCUT2D eigenvalue weighted by molar-refractivity contribution is 14.1. The van der Waals surface area contributed by atoms with Crippen molar-refractivity contribution in [3.05, 3.63) is 9.46 Å². The average molecular weight is 445 g/mol. The topological polar surface area (TPSA) is 87.7 Å². The Morgan fingerprint density at radius 1 is 1.33 bits per heavy atom. The molecule has 0 bridgehead atoms. The fourth-order valence-corrected chi connectivity index (χ4v) is 3.95. The van der Waals surface area contributed by atoms with E-state index in [0.29, 0.717) is 22.3 Å². The van der Waals surface area contributed by atoms with Crippen LogP contribution in [0.2, 0.25) is 0 Å². The van der Waals surface area contributed by atoms with E-state index in [2.05, 4.69) is 10.6 Å². The predicted octanol–water partition coefficient (Wildman–Crippen LogP) is 0.787. The number of carbonyl (C=O) groups is 3. The van der Waals surface area contributed by atoms with Gasteiger partial charge in [0.25, 0.3) is 5.91 Å². The van der Waals surface area contributed by atoms with Crippen LogP contribution in [0, 0.1) is 5.41 Å². The number of nitrogens with zero attached hydrogens (tertiary/aromatic N) is 1. The zero-order chi connectivity index (χ0) is 17.1. The van der Waals surface area contributed by atoms with Crippen molar-refractivity contribution in [2.24, 2.45) is 5.41 Å². The standard InChI is InChI=1S/C16H20IN3O4/c1-9-11(17)24-16(13(22)18-9)7-20(8-16)14(23)15(5-6-15)12(21)19-10-3-2-4-10/h10H,2-8H2,1H3,(H,18,22)(H,19,21). The zero-order valence-electron chi connectivity index (χ0n) is 13.5. The van der Waals surface area contributed by atoms with Gasteiger partial charge in [-0.3, -0.25) is 14.4 Å². The van der Waals surface area contributed by atoms with E-state index in [9.17, 15) is 14.4 Å². The number of carbonyl (C=O) groups excluding carboxylic acids is 3. The normalized spacial score (nSPS) is 26.9. The molecule has 1 spiro atoms. The van der Waals surface area contributed by atoms with Gasteiger partial charge in [-0.05, 0) is 39.0 Å². The summed E-state index contributed by atoms with van der Waals surface area (Å²) in [7, 11) is 0. The first-order valence-electron chi connectivity index (χ1n) is 8.34. The fraction of sp³-hybridized carbons (Fsp3) is 0.688. The van der Waals surface area contributed by atoms with Gasteiger partial charge >= 0.3 is 0 Å². The van der Waals surface area contributed by atoms with Gasteiger partial charge in [0.05, 0.1) is 18.8 Å². The molecule has 2 saturated carbocycles. The molecule has 24 heavy (non-hydrogen) atoms. The summed E-state index contributed by atoms with van der Waals surface area (Å²) in [6, 6.07) is 0.229. The monoisotopic (exact) mass is 445 g/mol. The van der Waals surface area contributed by atoms with E-state index in [1.165, 1.54) is 0 Å². The van der Waals surface area contributed by atoms with Crippen LogP contribution in [-0.2, 0) is 19.1 Å².